The number of nitrogens with one attached hydrogen (secondary N) is 1. The van der Waals surface area contributed by atoms with Gasteiger partial charge in [-0.15, -0.1) is 10.2 Å². The van der Waals surface area contributed by atoms with Crippen LogP contribution in [0.2, 0.25) is 0 Å². The molecule has 10 heteroatoms. The molecule has 126 valence electrons. The summed E-state index contributed by atoms with van der Waals surface area (Å²) in [6.45, 7) is 0. The van der Waals surface area contributed by atoms with Crippen LogP contribution in [0.5, 0.6) is 5.75 Å². The average molecular weight is 357 g/mol. The highest BCUT2D eigenvalue weighted by Crippen LogP contribution is 2.29. The molecule has 0 atom stereocenters. The number of anilines is 1. The van der Waals surface area contributed by atoms with E-state index in [1.807, 2.05) is 0 Å². The van der Waals surface area contributed by atoms with Crippen LogP contribution in [0.4, 0.5) is 10.8 Å². The lowest BCUT2D eigenvalue weighted by Crippen LogP contribution is -2.12. The number of hydrogen-bond acceptors (Lipinski definition) is 8. The zero-order valence-electron chi connectivity index (χ0n) is 12.9. The summed E-state index contributed by atoms with van der Waals surface area (Å²) in [6.07, 6.45) is 3.26. The minimum atomic E-state index is -0.609. The molecule has 0 saturated heterocycles. The van der Waals surface area contributed by atoms with Crippen molar-refractivity contribution in [2.45, 2.75) is 0 Å². The van der Waals surface area contributed by atoms with E-state index in [9.17, 15) is 14.9 Å². The number of pyridine rings is 1. The Balaban J connectivity index is 1.80. The highest BCUT2D eigenvalue weighted by Gasteiger charge is 2.19. The molecule has 0 bridgehead atoms. The quantitative estimate of drug-likeness (QED) is 0.550. The first-order valence-corrected chi connectivity index (χ1v) is 7.78. The molecule has 3 aromatic rings. The fourth-order valence-electron chi connectivity index (χ4n) is 2.03. The van der Waals surface area contributed by atoms with E-state index in [1.165, 1.54) is 30.6 Å². The van der Waals surface area contributed by atoms with Crippen LogP contribution in [-0.2, 0) is 0 Å². The molecular formula is C15H11N5O4S. The number of carbonyl (C=O) groups excluding carboxylic acids is 1. The number of ether oxygens (including phenoxy) is 1. The van der Waals surface area contributed by atoms with Gasteiger partial charge in [-0.2, -0.15) is 0 Å². The van der Waals surface area contributed by atoms with Crippen molar-refractivity contribution in [3.8, 4) is 16.3 Å². The van der Waals surface area contributed by atoms with Gasteiger partial charge in [0.2, 0.25) is 5.13 Å². The van der Waals surface area contributed by atoms with Gasteiger partial charge in [-0.05, 0) is 24.3 Å². The molecule has 0 fully saturated rings. The molecule has 0 radical (unpaired) electrons. The van der Waals surface area contributed by atoms with Gasteiger partial charge in [0, 0.05) is 29.6 Å². The first-order chi connectivity index (χ1) is 12.1. The Morgan fingerprint density at radius 2 is 2.00 bits per heavy atom. The fraction of sp³-hybridized carbons (Fsp3) is 0.0667. The van der Waals surface area contributed by atoms with E-state index in [2.05, 4.69) is 20.5 Å². The number of rotatable bonds is 5. The maximum Gasteiger partial charge on any atom is 0.311 e. The van der Waals surface area contributed by atoms with Gasteiger partial charge < -0.3 is 4.74 Å². The summed E-state index contributed by atoms with van der Waals surface area (Å²) in [6, 6.07) is 7.51. The van der Waals surface area contributed by atoms with Crippen LogP contribution < -0.4 is 10.1 Å². The van der Waals surface area contributed by atoms with E-state index in [-0.39, 0.29) is 22.1 Å². The number of amides is 1. The summed E-state index contributed by atoms with van der Waals surface area (Å²) in [5.74, 6) is -0.444. The van der Waals surface area contributed by atoms with E-state index in [0.29, 0.717) is 5.01 Å². The lowest BCUT2D eigenvalue weighted by atomic mass is 10.2. The van der Waals surface area contributed by atoms with E-state index < -0.39 is 10.8 Å². The van der Waals surface area contributed by atoms with E-state index >= 15 is 0 Å². The second kappa shape index (κ2) is 7.01. The normalized spacial score (nSPS) is 10.3. The number of nitro groups is 1. The summed E-state index contributed by atoms with van der Waals surface area (Å²) >= 11 is 1.19. The van der Waals surface area contributed by atoms with Crippen molar-refractivity contribution in [1.29, 1.82) is 0 Å². The molecule has 2 heterocycles. The van der Waals surface area contributed by atoms with Gasteiger partial charge >= 0.3 is 5.69 Å². The first kappa shape index (κ1) is 16.5. The number of carbonyl (C=O) groups is 1. The van der Waals surface area contributed by atoms with Crippen molar-refractivity contribution in [3.05, 3.63) is 58.4 Å². The van der Waals surface area contributed by atoms with E-state index in [4.69, 9.17) is 4.74 Å². The van der Waals surface area contributed by atoms with Crippen LogP contribution in [0, 0.1) is 10.1 Å². The highest BCUT2D eigenvalue weighted by atomic mass is 32.1. The molecule has 0 aliphatic heterocycles. The standard InChI is InChI=1S/C15H11N5O4S/c1-24-12-3-2-10(8-11(12)20(22)23)13(21)17-15-19-18-14(25-15)9-4-6-16-7-5-9/h2-8H,1H3,(H,17,19,21). The van der Waals surface area contributed by atoms with Crippen molar-refractivity contribution in [1.82, 2.24) is 15.2 Å². The van der Waals surface area contributed by atoms with Gasteiger partial charge in [0.15, 0.2) is 5.75 Å². The third-order valence-electron chi connectivity index (χ3n) is 3.21. The predicted molar refractivity (Wildman–Crippen MR) is 90.7 cm³/mol. The molecule has 25 heavy (non-hydrogen) atoms. The fourth-order valence-corrected chi connectivity index (χ4v) is 2.77. The number of methoxy groups -OCH3 is 1. The second-order valence-corrected chi connectivity index (χ2v) is 5.72. The molecule has 3 rings (SSSR count). The molecule has 9 nitrogen and oxygen atoms in total. The van der Waals surface area contributed by atoms with Crippen molar-refractivity contribution in [2.24, 2.45) is 0 Å². The Labute approximate surface area is 145 Å². The molecule has 1 aromatic carbocycles. The smallest absolute Gasteiger partial charge is 0.311 e. The van der Waals surface area contributed by atoms with Crippen molar-refractivity contribution >= 4 is 28.1 Å². The molecule has 0 unspecified atom stereocenters. The Morgan fingerprint density at radius 1 is 1.24 bits per heavy atom. The van der Waals surface area contributed by atoms with Crippen LogP contribution in [0.1, 0.15) is 10.4 Å². The first-order valence-electron chi connectivity index (χ1n) is 6.96. The Morgan fingerprint density at radius 3 is 2.68 bits per heavy atom. The van der Waals surface area contributed by atoms with Gasteiger partial charge in [-0.3, -0.25) is 25.2 Å². The number of aromatic nitrogens is 3. The van der Waals surface area contributed by atoms with Gasteiger partial charge in [-0.1, -0.05) is 11.3 Å². The Hall–Kier alpha value is -3.40. The second-order valence-electron chi connectivity index (χ2n) is 4.75. The van der Waals surface area contributed by atoms with Gasteiger partial charge in [0.25, 0.3) is 5.91 Å². The monoisotopic (exact) mass is 357 g/mol. The number of benzene rings is 1. The summed E-state index contributed by atoms with van der Waals surface area (Å²) in [5.41, 5.74) is 0.658. The molecule has 0 aliphatic rings. The maximum absolute atomic E-state index is 12.3. The van der Waals surface area contributed by atoms with Crippen LogP contribution in [-0.4, -0.2) is 33.1 Å². The van der Waals surface area contributed by atoms with E-state index in [1.54, 1.807) is 24.5 Å². The molecule has 0 aliphatic carbocycles. The molecular weight excluding hydrogens is 346 g/mol. The summed E-state index contributed by atoms with van der Waals surface area (Å²) in [4.78, 5) is 26.6. The molecule has 1 N–H and O–H groups in total. The van der Waals surface area contributed by atoms with Gasteiger partial charge in [0.05, 0.1) is 12.0 Å². The number of nitro benzene ring substituents is 1. The summed E-state index contributed by atoms with van der Waals surface area (Å²) < 4.78 is 4.91. The Bertz CT molecular complexity index is 929. The zero-order valence-corrected chi connectivity index (χ0v) is 13.7. The van der Waals surface area contributed by atoms with E-state index in [0.717, 1.165) is 11.6 Å². The third kappa shape index (κ3) is 3.58. The predicted octanol–water partition coefficient (Wildman–Crippen LogP) is 2.77. The zero-order chi connectivity index (χ0) is 17.8. The number of nitrogens with zero attached hydrogens (tertiary/aromatic N) is 4. The molecule has 1 amide bonds. The summed E-state index contributed by atoms with van der Waals surface area (Å²) in [7, 11) is 1.32. The van der Waals surface area contributed by atoms with Crippen LogP contribution in [0.25, 0.3) is 10.6 Å². The minimum Gasteiger partial charge on any atom is -0.490 e. The summed E-state index contributed by atoms with van der Waals surface area (Å²) in [5, 5.41) is 22.4. The van der Waals surface area contributed by atoms with Crippen molar-refractivity contribution in [2.75, 3.05) is 12.4 Å². The van der Waals surface area contributed by atoms with Crippen molar-refractivity contribution in [3.63, 3.8) is 0 Å². The lowest BCUT2D eigenvalue weighted by Gasteiger charge is -2.04. The SMILES string of the molecule is COc1ccc(C(=O)Nc2nnc(-c3ccncc3)s2)cc1[N+](=O)[O-]. The third-order valence-corrected chi connectivity index (χ3v) is 4.10. The lowest BCUT2D eigenvalue weighted by molar-refractivity contribution is -0.385. The van der Waals surface area contributed by atoms with Crippen molar-refractivity contribution < 1.29 is 14.5 Å². The van der Waals surface area contributed by atoms with Crippen LogP contribution in [0.3, 0.4) is 0 Å². The van der Waals surface area contributed by atoms with Gasteiger partial charge in [-0.25, -0.2) is 0 Å². The topological polar surface area (TPSA) is 120 Å². The van der Waals surface area contributed by atoms with Gasteiger partial charge in [0.1, 0.15) is 5.01 Å². The Kier molecular flexibility index (Phi) is 4.61. The van der Waals surface area contributed by atoms with Crippen LogP contribution in [0.15, 0.2) is 42.7 Å². The highest BCUT2D eigenvalue weighted by molar-refractivity contribution is 7.18. The number of hydrogen-bond donors (Lipinski definition) is 1. The molecule has 0 spiro atoms. The molecule has 0 saturated carbocycles. The molecule has 2 aromatic heterocycles. The maximum atomic E-state index is 12.3. The van der Waals surface area contributed by atoms with Crippen LogP contribution >= 0.6 is 11.3 Å². The average Bonchev–Trinajstić information content (AvgIpc) is 3.10. The minimum absolute atomic E-state index is 0.0810. The largest absolute Gasteiger partial charge is 0.490 e.